The second-order valence-corrected chi connectivity index (χ2v) is 4.10. The number of likely N-dealkylation sites (N-methyl/N-ethyl adjacent to an activating group) is 1. The molecule has 2 heterocycles. The summed E-state index contributed by atoms with van der Waals surface area (Å²) in [7, 11) is 2.17. The monoisotopic (exact) mass is 194 g/mol. The van der Waals surface area contributed by atoms with Gasteiger partial charge in [-0.3, -0.25) is 0 Å². The van der Waals surface area contributed by atoms with Crippen LogP contribution in [0.3, 0.4) is 0 Å². The minimum absolute atomic E-state index is 0.635. The fourth-order valence-corrected chi connectivity index (χ4v) is 1.91. The lowest BCUT2D eigenvalue weighted by molar-refractivity contribution is 0.397. The molecule has 1 fully saturated rings. The highest BCUT2D eigenvalue weighted by Crippen LogP contribution is 2.07. The van der Waals surface area contributed by atoms with E-state index in [1.165, 1.54) is 18.7 Å². The van der Waals surface area contributed by atoms with Crippen molar-refractivity contribution in [3.8, 4) is 0 Å². The van der Waals surface area contributed by atoms with E-state index >= 15 is 0 Å². The molecule has 14 heavy (non-hydrogen) atoms. The number of aromatic amines is 1. The van der Waals surface area contributed by atoms with Gasteiger partial charge in [-0.25, -0.2) is 4.98 Å². The molecule has 1 aliphatic heterocycles. The van der Waals surface area contributed by atoms with Crippen LogP contribution in [0.15, 0.2) is 6.33 Å². The predicted molar refractivity (Wildman–Crippen MR) is 56.1 cm³/mol. The topological polar surface area (TPSA) is 44.0 Å². The molecule has 0 saturated carbocycles. The highest BCUT2D eigenvalue weighted by atomic mass is 15.2. The van der Waals surface area contributed by atoms with Crippen LogP contribution < -0.4 is 5.32 Å². The Morgan fingerprint density at radius 3 is 3.14 bits per heavy atom. The molecule has 78 valence electrons. The van der Waals surface area contributed by atoms with Crippen LogP contribution >= 0.6 is 0 Å². The van der Waals surface area contributed by atoms with Crippen LogP contribution in [0, 0.1) is 6.92 Å². The van der Waals surface area contributed by atoms with Gasteiger partial charge >= 0.3 is 0 Å². The number of aryl methyl sites for hydroxylation is 1. The van der Waals surface area contributed by atoms with Crippen LogP contribution in [-0.2, 0) is 6.54 Å². The maximum atomic E-state index is 4.26. The fourth-order valence-electron chi connectivity index (χ4n) is 1.91. The van der Waals surface area contributed by atoms with Crippen molar-refractivity contribution in [2.75, 3.05) is 20.1 Å². The molecule has 0 bridgehead atoms. The molecule has 4 nitrogen and oxygen atoms in total. The van der Waals surface area contributed by atoms with Crippen LogP contribution in [0.1, 0.15) is 17.8 Å². The normalized spacial score (nSPS) is 23.1. The number of H-pyrrole nitrogens is 1. The van der Waals surface area contributed by atoms with Gasteiger partial charge in [-0.1, -0.05) is 0 Å². The quantitative estimate of drug-likeness (QED) is 0.737. The molecule has 0 aromatic carbocycles. The lowest BCUT2D eigenvalue weighted by Crippen LogP contribution is -2.31. The predicted octanol–water partition coefficient (Wildman–Crippen LogP) is 0.512. The van der Waals surface area contributed by atoms with Gasteiger partial charge in [0.05, 0.1) is 12.0 Å². The Hall–Kier alpha value is -0.870. The van der Waals surface area contributed by atoms with Crippen molar-refractivity contribution >= 4 is 0 Å². The van der Waals surface area contributed by atoms with Gasteiger partial charge in [0.1, 0.15) is 0 Å². The number of hydrogen-bond donors (Lipinski definition) is 2. The molecule has 2 N–H and O–H groups in total. The summed E-state index contributed by atoms with van der Waals surface area (Å²) in [5.74, 6) is 0. The van der Waals surface area contributed by atoms with Crippen molar-refractivity contribution in [3.05, 3.63) is 17.7 Å². The molecule has 1 aromatic rings. The average molecular weight is 194 g/mol. The Bertz CT molecular complexity index is 294. The third-order valence-corrected chi connectivity index (χ3v) is 2.88. The molecule has 1 unspecified atom stereocenters. The summed E-state index contributed by atoms with van der Waals surface area (Å²) in [5, 5.41) is 3.53. The number of aromatic nitrogens is 2. The lowest BCUT2D eigenvalue weighted by Gasteiger charge is -2.11. The van der Waals surface area contributed by atoms with Crippen molar-refractivity contribution < 1.29 is 0 Å². The molecule has 1 atom stereocenters. The number of hydrogen-bond acceptors (Lipinski definition) is 3. The van der Waals surface area contributed by atoms with Crippen LogP contribution in [0.2, 0.25) is 0 Å². The summed E-state index contributed by atoms with van der Waals surface area (Å²) in [6.07, 6.45) is 3.01. The van der Waals surface area contributed by atoms with Gasteiger partial charge in [0, 0.05) is 24.8 Å². The Morgan fingerprint density at radius 2 is 2.57 bits per heavy atom. The van der Waals surface area contributed by atoms with E-state index in [1.54, 1.807) is 6.33 Å². The first kappa shape index (κ1) is 9.68. The zero-order valence-corrected chi connectivity index (χ0v) is 8.88. The van der Waals surface area contributed by atoms with Crippen LogP contribution in [0.25, 0.3) is 0 Å². The standard InChI is InChI=1S/C10H18N4/c1-8-10(13-7-12-8)5-11-9-3-4-14(2)6-9/h7,9,11H,3-6H2,1-2H3,(H,12,13). The van der Waals surface area contributed by atoms with Crippen molar-refractivity contribution in [3.63, 3.8) is 0 Å². The second-order valence-electron chi connectivity index (χ2n) is 4.10. The fraction of sp³-hybridized carbons (Fsp3) is 0.700. The van der Waals surface area contributed by atoms with Gasteiger partial charge in [-0.05, 0) is 26.9 Å². The first-order valence-electron chi connectivity index (χ1n) is 5.16. The van der Waals surface area contributed by atoms with Gasteiger partial charge in [0.25, 0.3) is 0 Å². The molecule has 2 rings (SSSR count). The number of rotatable bonds is 3. The summed E-state index contributed by atoms with van der Waals surface area (Å²) in [5.41, 5.74) is 2.31. The van der Waals surface area contributed by atoms with E-state index in [0.717, 1.165) is 18.8 Å². The Labute approximate surface area is 84.7 Å². The number of nitrogens with zero attached hydrogens (tertiary/aromatic N) is 2. The van der Waals surface area contributed by atoms with Gasteiger partial charge in [-0.15, -0.1) is 0 Å². The summed E-state index contributed by atoms with van der Waals surface area (Å²) in [6.45, 7) is 5.30. The smallest absolute Gasteiger partial charge is 0.0925 e. The molecule has 1 aliphatic rings. The molecule has 1 saturated heterocycles. The zero-order chi connectivity index (χ0) is 9.97. The molecule has 1 aromatic heterocycles. The summed E-state index contributed by atoms with van der Waals surface area (Å²) in [4.78, 5) is 9.71. The van der Waals surface area contributed by atoms with E-state index < -0.39 is 0 Å². The molecular formula is C10H18N4. The Balaban J connectivity index is 1.80. The molecule has 0 amide bonds. The minimum Gasteiger partial charge on any atom is -0.348 e. The molecule has 0 radical (unpaired) electrons. The van der Waals surface area contributed by atoms with Crippen molar-refractivity contribution in [1.29, 1.82) is 0 Å². The van der Waals surface area contributed by atoms with E-state index in [-0.39, 0.29) is 0 Å². The maximum Gasteiger partial charge on any atom is 0.0925 e. The Morgan fingerprint density at radius 1 is 1.71 bits per heavy atom. The maximum absolute atomic E-state index is 4.26. The second kappa shape index (κ2) is 4.11. The minimum atomic E-state index is 0.635. The number of nitrogens with one attached hydrogen (secondary N) is 2. The van der Waals surface area contributed by atoms with E-state index in [0.29, 0.717) is 6.04 Å². The van der Waals surface area contributed by atoms with Gasteiger partial charge in [0.2, 0.25) is 0 Å². The van der Waals surface area contributed by atoms with Gasteiger partial charge in [-0.2, -0.15) is 0 Å². The summed E-state index contributed by atoms with van der Waals surface area (Å²) >= 11 is 0. The van der Waals surface area contributed by atoms with Crippen molar-refractivity contribution in [2.45, 2.75) is 25.9 Å². The van der Waals surface area contributed by atoms with E-state index in [4.69, 9.17) is 0 Å². The summed E-state index contributed by atoms with van der Waals surface area (Å²) < 4.78 is 0. The number of imidazole rings is 1. The lowest BCUT2D eigenvalue weighted by atomic mass is 10.2. The SMILES string of the molecule is Cc1[nH]cnc1CNC1CCN(C)C1. The average Bonchev–Trinajstić information content (AvgIpc) is 2.72. The summed E-state index contributed by atoms with van der Waals surface area (Å²) in [6, 6.07) is 0.635. The first-order valence-corrected chi connectivity index (χ1v) is 5.16. The van der Waals surface area contributed by atoms with E-state index in [1.807, 2.05) is 0 Å². The van der Waals surface area contributed by atoms with Gasteiger partial charge in [0.15, 0.2) is 0 Å². The van der Waals surface area contributed by atoms with Crippen LogP contribution in [-0.4, -0.2) is 41.0 Å². The molecule has 0 spiro atoms. The molecular weight excluding hydrogens is 176 g/mol. The van der Waals surface area contributed by atoms with Crippen molar-refractivity contribution in [1.82, 2.24) is 20.2 Å². The Kier molecular flexibility index (Phi) is 2.84. The van der Waals surface area contributed by atoms with Crippen LogP contribution in [0.4, 0.5) is 0 Å². The van der Waals surface area contributed by atoms with E-state index in [2.05, 4.69) is 34.2 Å². The zero-order valence-electron chi connectivity index (χ0n) is 8.88. The van der Waals surface area contributed by atoms with Crippen LogP contribution in [0.5, 0.6) is 0 Å². The van der Waals surface area contributed by atoms with E-state index in [9.17, 15) is 0 Å². The van der Waals surface area contributed by atoms with Gasteiger partial charge < -0.3 is 15.2 Å². The number of likely N-dealkylation sites (tertiary alicyclic amines) is 1. The third-order valence-electron chi connectivity index (χ3n) is 2.88. The highest BCUT2D eigenvalue weighted by molar-refractivity contribution is 5.08. The van der Waals surface area contributed by atoms with Crippen molar-refractivity contribution in [2.24, 2.45) is 0 Å². The highest BCUT2D eigenvalue weighted by Gasteiger charge is 2.18. The molecule has 0 aliphatic carbocycles. The largest absolute Gasteiger partial charge is 0.348 e. The molecule has 4 heteroatoms. The first-order chi connectivity index (χ1) is 6.75. The third kappa shape index (κ3) is 2.13.